The van der Waals surface area contributed by atoms with Crippen LogP contribution in [0, 0.1) is 6.92 Å². The number of amides is 1. The van der Waals surface area contributed by atoms with E-state index in [4.69, 9.17) is 0 Å². The minimum Gasteiger partial charge on any atom is -0.320 e. The number of anilines is 1. The summed E-state index contributed by atoms with van der Waals surface area (Å²) < 4.78 is 0. The van der Waals surface area contributed by atoms with E-state index in [1.165, 1.54) is 5.56 Å². The van der Waals surface area contributed by atoms with Crippen molar-refractivity contribution in [2.45, 2.75) is 26.4 Å². The van der Waals surface area contributed by atoms with Crippen LogP contribution in [0.5, 0.6) is 0 Å². The Balaban J connectivity index is 1.70. The molecule has 1 aromatic carbocycles. The lowest BCUT2D eigenvalue weighted by atomic mass is 10.1. The lowest BCUT2D eigenvalue weighted by Gasteiger charge is -2.25. The van der Waals surface area contributed by atoms with Gasteiger partial charge in [-0.1, -0.05) is 18.2 Å². The maximum absolute atomic E-state index is 12.6. The summed E-state index contributed by atoms with van der Waals surface area (Å²) >= 11 is 0. The number of hydrogen-bond acceptors (Lipinski definition) is 4. The zero-order valence-corrected chi connectivity index (χ0v) is 15.9. The van der Waals surface area contributed by atoms with Crippen LogP contribution in [-0.2, 0) is 6.54 Å². The van der Waals surface area contributed by atoms with Crippen molar-refractivity contribution in [3.63, 3.8) is 0 Å². The number of aryl methyl sites for hydroxylation is 1. The Morgan fingerprint density at radius 3 is 2.67 bits per heavy atom. The zero-order valence-electron chi connectivity index (χ0n) is 15.9. The molecule has 1 atom stereocenters. The Labute approximate surface area is 160 Å². The van der Waals surface area contributed by atoms with E-state index in [0.29, 0.717) is 5.56 Å². The summed E-state index contributed by atoms with van der Waals surface area (Å²) in [7, 11) is 2.07. The first kappa shape index (κ1) is 18.7. The molecule has 5 heteroatoms. The summed E-state index contributed by atoms with van der Waals surface area (Å²) in [5.41, 5.74) is 4.61. The van der Waals surface area contributed by atoms with Gasteiger partial charge in [0, 0.05) is 36.7 Å². The van der Waals surface area contributed by atoms with E-state index in [1.807, 2.05) is 49.5 Å². The van der Waals surface area contributed by atoms with Gasteiger partial charge in [-0.2, -0.15) is 0 Å². The molecule has 0 aliphatic carbocycles. The molecule has 2 heterocycles. The topological polar surface area (TPSA) is 58.1 Å². The molecule has 27 heavy (non-hydrogen) atoms. The second kappa shape index (κ2) is 8.56. The lowest BCUT2D eigenvalue weighted by Crippen LogP contribution is -2.22. The van der Waals surface area contributed by atoms with Gasteiger partial charge in [0.05, 0.1) is 11.9 Å². The molecule has 0 saturated heterocycles. The first-order valence-electron chi connectivity index (χ1n) is 8.95. The molecule has 0 bridgehead atoms. The van der Waals surface area contributed by atoms with E-state index in [1.54, 1.807) is 18.6 Å². The second-order valence-corrected chi connectivity index (χ2v) is 6.72. The van der Waals surface area contributed by atoms with Gasteiger partial charge in [-0.25, -0.2) is 0 Å². The van der Waals surface area contributed by atoms with Gasteiger partial charge >= 0.3 is 0 Å². The molecule has 138 valence electrons. The highest BCUT2D eigenvalue weighted by atomic mass is 16.1. The van der Waals surface area contributed by atoms with Crippen molar-refractivity contribution < 1.29 is 4.79 Å². The summed E-state index contributed by atoms with van der Waals surface area (Å²) in [5, 5.41) is 2.93. The van der Waals surface area contributed by atoms with Crippen LogP contribution >= 0.6 is 0 Å². The first-order chi connectivity index (χ1) is 13.0. The van der Waals surface area contributed by atoms with Crippen molar-refractivity contribution in [1.82, 2.24) is 14.9 Å². The Bertz CT molecular complexity index is 911. The summed E-state index contributed by atoms with van der Waals surface area (Å²) in [6.45, 7) is 4.84. The Kier molecular flexibility index (Phi) is 5.94. The number of nitrogens with zero attached hydrogens (tertiary/aromatic N) is 3. The van der Waals surface area contributed by atoms with Crippen molar-refractivity contribution in [2.75, 3.05) is 12.4 Å². The van der Waals surface area contributed by atoms with Gasteiger partial charge in [0.25, 0.3) is 5.91 Å². The number of hydrogen-bond donors (Lipinski definition) is 1. The third-order valence-corrected chi connectivity index (χ3v) is 4.74. The van der Waals surface area contributed by atoms with Crippen LogP contribution < -0.4 is 5.32 Å². The maximum Gasteiger partial charge on any atom is 0.255 e. The fourth-order valence-corrected chi connectivity index (χ4v) is 2.90. The van der Waals surface area contributed by atoms with Crippen molar-refractivity contribution in [3.05, 3.63) is 89.5 Å². The van der Waals surface area contributed by atoms with E-state index in [9.17, 15) is 4.79 Å². The summed E-state index contributed by atoms with van der Waals surface area (Å²) in [6, 6.07) is 13.9. The standard InChI is InChI=1S/C22H24N4O/c1-16-9-11-24-14-21(16)25-22(27)19-7-4-6-18(12-19)15-26(3)17(2)20-8-5-10-23-13-20/h4-14,17H,15H2,1-3H3,(H,25,27). The molecule has 2 aromatic heterocycles. The summed E-state index contributed by atoms with van der Waals surface area (Å²) in [6.07, 6.45) is 7.05. The van der Waals surface area contributed by atoms with Gasteiger partial charge in [-0.15, -0.1) is 0 Å². The van der Waals surface area contributed by atoms with Crippen molar-refractivity contribution in [2.24, 2.45) is 0 Å². The van der Waals surface area contributed by atoms with E-state index >= 15 is 0 Å². The highest BCUT2D eigenvalue weighted by molar-refractivity contribution is 6.04. The molecule has 3 aromatic rings. The lowest BCUT2D eigenvalue weighted by molar-refractivity contribution is 0.102. The number of benzene rings is 1. The molecule has 0 saturated carbocycles. The highest BCUT2D eigenvalue weighted by Gasteiger charge is 2.13. The summed E-state index contributed by atoms with van der Waals surface area (Å²) in [4.78, 5) is 23.1. The number of aromatic nitrogens is 2. The smallest absolute Gasteiger partial charge is 0.255 e. The van der Waals surface area contributed by atoms with Gasteiger partial charge < -0.3 is 5.32 Å². The number of carbonyl (C=O) groups is 1. The fourth-order valence-electron chi connectivity index (χ4n) is 2.90. The molecule has 1 N–H and O–H groups in total. The van der Waals surface area contributed by atoms with Gasteiger partial charge in [0.1, 0.15) is 0 Å². The molecule has 1 unspecified atom stereocenters. The van der Waals surface area contributed by atoms with Crippen LogP contribution in [-0.4, -0.2) is 27.8 Å². The third kappa shape index (κ3) is 4.77. The minimum atomic E-state index is -0.129. The number of pyridine rings is 2. The highest BCUT2D eigenvalue weighted by Crippen LogP contribution is 2.20. The SMILES string of the molecule is Cc1ccncc1NC(=O)c1cccc(CN(C)C(C)c2cccnc2)c1. The van der Waals surface area contributed by atoms with Gasteiger partial charge in [0.15, 0.2) is 0 Å². The van der Waals surface area contributed by atoms with Crippen molar-refractivity contribution >= 4 is 11.6 Å². The predicted molar refractivity (Wildman–Crippen MR) is 107 cm³/mol. The Morgan fingerprint density at radius 2 is 1.93 bits per heavy atom. The van der Waals surface area contributed by atoms with Crippen LogP contribution in [0.3, 0.4) is 0 Å². The number of nitrogens with one attached hydrogen (secondary N) is 1. The number of rotatable bonds is 6. The van der Waals surface area contributed by atoms with Crippen molar-refractivity contribution in [3.8, 4) is 0 Å². The van der Waals surface area contributed by atoms with Crippen LogP contribution in [0.4, 0.5) is 5.69 Å². The Hall–Kier alpha value is -3.05. The molecule has 0 spiro atoms. The predicted octanol–water partition coefficient (Wildman–Crippen LogP) is 4.23. The molecule has 1 amide bonds. The quantitative estimate of drug-likeness (QED) is 0.715. The maximum atomic E-state index is 12.6. The van der Waals surface area contributed by atoms with Crippen LogP contribution in [0.2, 0.25) is 0 Å². The largest absolute Gasteiger partial charge is 0.320 e. The number of carbonyl (C=O) groups excluding carboxylic acids is 1. The molecule has 5 nitrogen and oxygen atoms in total. The molecular weight excluding hydrogens is 336 g/mol. The second-order valence-electron chi connectivity index (χ2n) is 6.72. The van der Waals surface area contributed by atoms with Crippen LogP contribution in [0.1, 0.15) is 40.0 Å². The Morgan fingerprint density at radius 1 is 1.11 bits per heavy atom. The van der Waals surface area contributed by atoms with Crippen molar-refractivity contribution in [1.29, 1.82) is 0 Å². The average molecular weight is 360 g/mol. The molecular formula is C22H24N4O. The third-order valence-electron chi connectivity index (χ3n) is 4.74. The van der Waals surface area contributed by atoms with Gasteiger partial charge in [-0.05, 0) is 61.9 Å². The fraction of sp³-hybridized carbons (Fsp3) is 0.227. The van der Waals surface area contributed by atoms with E-state index in [2.05, 4.69) is 40.2 Å². The molecule has 0 aliphatic heterocycles. The molecule has 3 rings (SSSR count). The average Bonchev–Trinajstić information content (AvgIpc) is 2.70. The molecule has 0 aliphatic rings. The first-order valence-corrected chi connectivity index (χ1v) is 8.95. The van der Waals surface area contributed by atoms with E-state index < -0.39 is 0 Å². The molecule has 0 radical (unpaired) electrons. The van der Waals surface area contributed by atoms with E-state index in [0.717, 1.165) is 23.4 Å². The van der Waals surface area contributed by atoms with Crippen LogP contribution in [0.25, 0.3) is 0 Å². The van der Waals surface area contributed by atoms with E-state index in [-0.39, 0.29) is 11.9 Å². The normalized spacial score (nSPS) is 12.0. The summed E-state index contributed by atoms with van der Waals surface area (Å²) in [5.74, 6) is -0.129. The zero-order chi connectivity index (χ0) is 19.2. The van der Waals surface area contributed by atoms with Gasteiger partial charge in [-0.3, -0.25) is 19.7 Å². The molecule has 0 fully saturated rings. The van der Waals surface area contributed by atoms with Crippen LogP contribution in [0.15, 0.2) is 67.3 Å². The minimum absolute atomic E-state index is 0.129. The van der Waals surface area contributed by atoms with Gasteiger partial charge in [0.2, 0.25) is 0 Å². The monoisotopic (exact) mass is 360 g/mol.